The first-order valence-electron chi connectivity index (χ1n) is 7.08. The number of alkyl halides is 1. The minimum Gasteiger partial charge on any atom is -0.325 e. The third-order valence-corrected chi connectivity index (χ3v) is 3.65. The van der Waals surface area contributed by atoms with Crippen LogP contribution in [-0.4, -0.2) is 37.0 Å². The van der Waals surface area contributed by atoms with Gasteiger partial charge < -0.3 is 4.48 Å². The largest absolute Gasteiger partial charge is 0.325 e. The van der Waals surface area contributed by atoms with Gasteiger partial charge in [0.1, 0.15) is 0 Å². The van der Waals surface area contributed by atoms with Gasteiger partial charge in [0.15, 0.2) is 0 Å². The van der Waals surface area contributed by atoms with Crippen LogP contribution in [0.5, 0.6) is 0 Å². The standard InChI is InChI=1S/C14H31ClN/c1-4-6-8-10-13-16(3,14-11-15)12-9-7-5-2/h4-14H2,1-3H3/q+1. The van der Waals surface area contributed by atoms with Crippen molar-refractivity contribution in [2.45, 2.75) is 58.8 Å². The molecule has 0 aliphatic rings. The molecule has 16 heavy (non-hydrogen) atoms. The van der Waals surface area contributed by atoms with Crippen LogP contribution in [0.25, 0.3) is 0 Å². The summed E-state index contributed by atoms with van der Waals surface area (Å²) >= 11 is 5.92. The molecule has 0 amide bonds. The molecule has 1 unspecified atom stereocenters. The molecule has 0 radical (unpaired) electrons. The van der Waals surface area contributed by atoms with E-state index < -0.39 is 0 Å². The Hall–Kier alpha value is 0.250. The molecule has 1 nitrogen and oxygen atoms in total. The van der Waals surface area contributed by atoms with Gasteiger partial charge in [-0.15, -0.1) is 11.6 Å². The summed E-state index contributed by atoms with van der Waals surface area (Å²) in [6.45, 7) is 8.31. The molecule has 0 aromatic rings. The number of unbranched alkanes of at least 4 members (excludes halogenated alkanes) is 5. The van der Waals surface area contributed by atoms with Crippen LogP contribution in [0.3, 0.4) is 0 Å². The quantitative estimate of drug-likeness (QED) is 0.288. The van der Waals surface area contributed by atoms with Crippen LogP contribution >= 0.6 is 11.6 Å². The van der Waals surface area contributed by atoms with E-state index in [-0.39, 0.29) is 0 Å². The lowest BCUT2D eigenvalue weighted by atomic mass is 10.1. The van der Waals surface area contributed by atoms with Gasteiger partial charge in [-0.1, -0.05) is 33.1 Å². The van der Waals surface area contributed by atoms with E-state index >= 15 is 0 Å². The fourth-order valence-corrected chi connectivity index (χ4v) is 2.61. The van der Waals surface area contributed by atoms with Gasteiger partial charge >= 0.3 is 0 Å². The third kappa shape index (κ3) is 8.41. The molecule has 0 rings (SSSR count). The number of quaternary nitrogens is 1. The van der Waals surface area contributed by atoms with Crippen LogP contribution in [-0.2, 0) is 0 Å². The van der Waals surface area contributed by atoms with Crippen molar-refractivity contribution in [3.8, 4) is 0 Å². The number of rotatable bonds is 11. The molecule has 0 aliphatic heterocycles. The zero-order valence-corrected chi connectivity index (χ0v) is 12.4. The van der Waals surface area contributed by atoms with E-state index in [1.165, 1.54) is 62.5 Å². The first-order valence-corrected chi connectivity index (χ1v) is 7.61. The lowest BCUT2D eigenvalue weighted by molar-refractivity contribution is -0.907. The summed E-state index contributed by atoms with van der Waals surface area (Å²) in [5, 5.41) is 0. The third-order valence-electron chi connectivity index (χ3n) is 3.48. The lowest BCUT2D eigenvalue weighted by Crippen LogP contribution is -2.46. The van der Waals surface area contributed by atoms with E-state index in [4.69, 9.17) is 11.6 Å². The number of nitrogens with zero attached hydrogens (tertiary/aromatic N) is 1. The maximum absolute atomic E-state index is 5.92. The van der Waals surface area contributed by atoms with E-state index in [2.05, 4.69) is 20.9 Å². The Bertz CT molecular complexity index is 150. The zero-order valence-electron chi connectivity index (χ0n) is 11.6. The molecule has 0 aromatic carbocycles. The van der Waals surface area contributed by atoms with Crippen LogP contribution in [0, 0.1) is 0 Å². The Morgan fingerprint density at radius 3 is 1.75 bits per heavy atom. The molecule has 1 atom stereocenters. The number of hydrogen-bond acceptors (Lipinski definition) is 0. The van der Waals surface area contributed by atoms with E-state index in [0.29, 0.717) is 0 Å². The maximum Gasteiger partial charge on any atom is 0.0922 e. The number of halogens is 1. The van der Waals surface area contributed by atoms with E-state index in [1.54, 1.807) is 0 Å². The van der Waals surface area contributed by atoms with E-state index in [0.717, 1.165) is 12.4 Å². The lowest BCUT2D eigenvalue weighted by Gasteiger charge is -2.34. The Morgan fingerprint density at radius 2 is 1.25 bits per heavy atom. The van der Waals surface area contributed by atoms with Crippen molar-refractivity contribution in [3.63, 3.8) is 0 Å². The van der Waals surface area contributed by atoms with Crippen molar-refractivity contribution in [1.29, 1.82) is 0 Å². The molecule has 0 heterocycles. The Kier molecular flexibility index (Phi) is 10.6. The predicted molar refractivity (Wildman–Crippen MR) is 75.2 cm³/mol. The SMILES string of the molecule is CCCCCC[N+](C)(CCCl)CCCCC. The highest BCUT2D eigenvalue weighted by molar-refractivity contribution is 6.17. The predicted octanol–water partition coefficient (Wildman–Crippen LogP) is 4.44. The summed E-state index contributed by atoms with van der Waals surface area (Å²) < 4.78 is 1.19. The zero-order chi connectivity index (χ0) is 12.3. The van der Waals surface area contributed by atoms with E-state index in [1.807, 2.05) is 0 Å². The van der Waals surface area contributed by atoms with Crippen LogP contribution in [0.1, 0.15) is 58.8 Å². The highest BCUT2D eigenvalue weighted by atomic mass is 35.5. The Labute approximate surface area is 108 Å². The minimum absolute atomic E-state index is 0.802. The fraction of sp³-hybridized carbons (Fsp3) is 1.00. The molecule has 0 aromatic heterocycles. The molecule has 0 N–H and O–H groups in total. The first kappa shape index (κ1) is 16.2. The van der Waals surface area contributed by atoms with Gasteiger partial charge in [-0.2, -0.15) is 0 Å². The monoisotopic (exact) mass is 248 g/mol. The van der Waals surface area contributed by atoms with Gasteiger partial charge in [-0.25, -0.2) is 0 Å². The summed E-state index contributed by atoms with van der Waals surface area (Å²) in [5.74, 6) is 0.802. The fourth-order valence-electron chi connectivity index (χ4n) is 2.20. The summed E-state index contributed by atoms with van der Waals surface area (Å²) in [4.78, 5) is 0. The topological polar surface area (TPSA) is 0 Å². The van der Waals surface area contributed by atoms with Gasteiger partial charge in [0, 0.05) is 0 Å². The summed E-state index contributed by atoms with van der Waals surface area (Å²) in [6.07, 6.45) is 9.51. The van der Waals surface area contributed by atoms with Crippen molar-refractivity contribution >= 4 is 11.6 Å². The van der Waals surface area contributed by atoms with Crippen molar-refractivity contribution in [1.82, 2.24) is 0 Å². The second-order valence-electron chi connectivity index (χ2n) is 5.25. The molecule has 0 saturated heterocycles. The molecule has 0 saturated carbocycles. The minimum atomic E-state index is 0.802. The highest BCUT2D eigenvalue weighted by Crippen LogP contribution is 2.11. The van der Waals surface area contributed by atoms with Crippen molar-refractivity contribution in [3.05, 3.63) is 0 Å². The molecular weight excluding hydrogens is 218 g/mol. The van der Waals surface area contributed by atoms with Crippen LogP contribution in [0.2, 0.25) is 0 Å². The van der Waals surface area contributed by atoms with Gasteiger partial charge in [-0.3, -0.25) is 0 Å². The summed E-state index contributed by atoms with van der Waals surface area (Å²) in [7, 11) is 2.38. The van der Waals surface area contributed by atoms with E-state index in [9.17, 15) is 0 Å². The van der Waals surface area contributed by atoms with Gasteiger partial charge in [0.25, 0.3) is 0 Å². The maximum atomic E-state index is 5.92. The summed E-state index contributed by atoms with van der Waals surface area (Å²) in [6, 6.07) is 0. The first-order chi connectivity index (χ1) is 7.68. The van der Waals surface area contributed by atoms with Crippen molar-refractivity contribution in [2.75, 3.05) is 32.6 Å². The van der Waals surface area contributed by atoms with Crippen LogP contribution < -0.4 is 0 Å². The molecule has 0 bridgehead atoms. The average molecular weight is 249 g/mol. The highest BCUT2D eigenvalue weighted by Gasteiger charge is 2.19. The molecule has 0 spiro atoms. The smallest absolute Gasteiger partial charge is 0.0922 e. The average Bonchev–Trinajstić information content (AvgIpc) is 2.25. The summed E-state index contributed by atoms with van der Waals surface area (Å²) in [5.41, 5.74) is 0. The van der Waals surface area contributed by atoms with Crippen LogP contribution in [0.4, 0.5) is 0 Å². The molecular formula is C14H31ClN+. The second kappa shape index (κ2) is 10.4. The molecule has 98 valence electrons. The Balaban J connectivity index is 3.81. The van der Waals surface area contributed by atoms with Gasteiger partial charge in [-0.05, 0) is 25.7 Å². The molecule has 2 heteroatoms. The van der Waals surface area contributed by atoms with Crippen molar-refractivity contribution in [2.24, 2.45) is 0 Å². The van der Waals surface area contributed by atoms with Gasteiger partial charge in [0.2, 0.25) is 0 Å². The second-order valence-corrected chi connectivity index (χ2v) is 5.63. The number of hydrogen-bond donors (Lipinski definition) is 0. The molecule has 0 fully saturated rings. The normalized spacial score (nSPS) is 15.0. The van der Waals surface area contributed by atoms with Crippen LogP contribution in [0.15, 0.2) is 0 Å². The molecule has 0 aliphatic carbocycles. The van der Waals surface area contributed by atoms with Gasteiger partial charge in [0.05, 0.1) is 32.6 Å². The Morgan fingerprint density at radius 1 is 0.750 bits per heavy atom. The van der Waals surface area contributed by atoms with Crippen molar-refractivity contribution < 1.29 is 4.48 Å².